The fourth-order valence-electron chi connectivity index (χ4n) is 2.62. The van der Waals surface area contributed by atoms with Gasteiger partial charge in [-0.2, -0.15) is 0 Å². The predicted molar refractivity (Wildman–Crippen MR) is 87.1 cm³/mol. The minimum Gasteiger partial charge on any atom is -0.397 e. The Kier molecular flexibility index (Phi) is 4.06. The smallest absolute Gasteiger partial charge is 0.263 e. The summed E-state index contributed by atoms with van der Waals surface area (Å²) in [5.74, 6) is -0.146. The highest BCUT2D eigenvalue weighted by atomic mass is 35.5. The molecule has 6 heteroatoms. The van der Waals surface area contributed by atoms with E-state index in [2.05, 4.69) is 5.32 Å². The van der Waals surface area contributed by atoms with Crippen LogP contribution in [0.5, 0.6) is 0 Å². The van der Waals surface area contributed by atoms with E-state index < -0.39 is 0 Å². The summed E-state index contributed by atoms with van der Waals surface area (Å²) in [4.78, 5) is 13.0. The van der Waals surface area contributed by atoms with Crippen molar-refractivity contribution in [3.8, 4) is 0 Å². The molecule has 2 heterocycles. The molecule has 1 saturated heterocycles. The summed E-state index contributed by atoms with van der Waals surface area (Å²) in [6.07, 6.45) is 2.13. The first-order chi connectivity index (χ1) is 10.1. The molecule has 1 fully saturated rings. The molecule has 1 aromatic carbocycles. The fraction of sp³-hybridized carbons (Fsp3) is 0.400. The molecule has 1 aliphatic heterocycles. The fourth-order valence-corrected chi connectivity index (χ4v) is 3.80. The summed E-state index contributed by atoms with van der Waals surface area (Å²) in [5, 5.41) is 4.44. The maximum Gasteiger partial charge on any atom is 0.263 e. The molecule has 0 radical (unpaired) electrons. The van der Waals surface area contributed by atoms with Gasteiger partial charge < -0.3 is 15.8 Å². The van der Waals surface area contributed by atoms with Crippen molar-refractivity contribution in [3.63, 3.8) is 0 Å². The van der Waals surface area contributed by atoms with Gasteiger partial charge in [-0.1, -0.05) is 11.6 Å². The first-order valence-corrected chi connectivity index (χ1v) is 8.15. The number of thiophene rings is 1. The van der Waals surface area contributed by atoms with E-state index in [0.717, 1.165) is 29.5 Å². The monoisotopic (exact) mass is 324 g/mol. The molecule has 3 rings (SSSR count). The highest BCUT2D eigenvalue weighted by molar-refractivity contribution is 7.21. The van der Waals surface area contributed by atoms with Crippen LogP contribution in [0.2, 0.25) is 5.02 Å². The topological polar surface area (TPSA) is 64.4 Å². The molecule has 21 heavy (non-hydrogen) atoms. The summed E-state index contributed by atoms with van der Waals surface area (Å²) in [6, 6.07) is 5.46. The van der Waals surface area contributed by atoms with Crippen LogP contribution in [0.15, 0.2) is 18.2 Å². The minimum atomic E-state index is -0.146. The molecule has 0 spiro atoms. The molecule has 1 amide bonds. The Labute approximate surface area is 132 Å². The van der Waals surface area contributed by atoms with Gasteiger partial charge in [0.15, 0.2) is 0 Å². The number of amides is 1. The van der Waals surface area contributed by atoms with Crippen molar-refractivity contribution in [3.05, 3.63) is 28.1 Å². The van der Waals surface area contributed by atoms with Crippen LogP contribution in [0.4, 0.5) is 5.69 Å². The van der Waals surface area contributed by atoms with Crippen molar-refractivity contribution in [2.24, 2.45) is 0 Å². The number of benzene rings is 1. The number of anilines is 1. The van der Waals surface area contributed by atoms with Crippen LogP contribution < -0.4 is 11.1 Å². The van der Waals surface area contributed by atoms with E-state index >= 15 is 0 Å². The molecular weight excluding hydrogens is 308 g/mol. The first-order valence-electron chi connectivity index (χ1n) is 6.96. The lowest BCUT2D eigenvalue weighted by molar-refractivity contribution is 0.0715. The number of rotatable bonds is 3. The van der Waals surface area contributed by atoms with E-state index in [-0.39, 0.29) is 18.1 Å². The Morgan fingerprint density at radius 3 is 3.10 bits per heavy atom. The minimum absolute atomic E-state index is 0.0202. The van der Waals surface area contributed by atoms with E-state index in [1.54, 1.807) is 12.1 Å². The normalized spacial score (nSPS) is 19.8. The molecular formula is C15H17ClN2O2S. The molecule has 4 nitrogen and oxygen atoms in total. The molecule has 0 bridgehead atoms. The van der Waals surface area contributed by atoms with Gasteiger partial charge in [0.25, 0.3) is 5.91 Å². The summed E-state index contributed by atoms with van der Waals surface area (Å²) < 4.78 is 6.56. The average molecular weight is 325 g/mol. The number of carbonyl (C=O) groups excluding carboxylic acids is 1. The van der Waals surface area contributed by atoms with Gasteiger partial charge in [0.1, 0.15) is 4.88 Å². The first kappa shape index (κ1) is 14.6. The Balaban J connectivity index is 1.82. The quantitative estimate of drug-likeness (QED) is 0.909. The largest absolute Gasteiger partial charge is 0.397 e. The van der Waals surface area contributed by atoms with E-state index in [1.165, 1.54) is 11.3 Å². The van der Waals surface area contributed by atoms with Crippen molar-refractivity contribution in [1.29, 1.82) is 0 Å². The maximum atomic E-state index is 12.4. The lowest BCUT2D eigenvalue weighted by atomic mass is 10.1. The molecule has 0 saturated carbocycles. The van der Waals surface area contributed by atoms with Crippen molar-refractivity contribution >= 4 is 44.6 Å². The Hall–Kier alpha value is -1.30. The van der Waals surface area contributed by atoms with Crippen LogP contribution in [-0.4, -0.2) is 24.7 Å². The van der Waals surface area contributed by atoms with Crippen LogP contribution in [-0.2, 0) is 4.74 Å². The van der Waals surface area contributed by atoms with E-state index in [9.17, 15) is 4.79 Å². The van der Waals surface area contributed by atoms with Gasteiger partial charge >= 0.3 is 0 Å². The van der Waals surface area contributed by atoms with Crippen molar-refractivity contribution in [1.82, 2.24) is 5.32 Å². The van der Waals surface area contributed by atoms with Crippen molar-refractivity contribution < 1.29 is 9.53 Å². The van der Waals surface area contributed by atoms with Crippen molar-refractivity contribution in [2.45, 2.75) is 31.9 Å². The maximum absolute atomic E-state index is 12.4. The second-order valence-corrected chi connectivity index (χ2v) is 6.79. The number of nitrogens with one attached hydrogen (secondary N) is 1. The number of fused-ring (bicyclic) bond motifs is 1. The summed E-state index contributed by atoms with van der Waals surface area (Å²) in [6.45, 7) is 2.74. The molecule has 112 valence electrons. The van der Waals surface area contributed by atoms with Crippen molar-refractivity contribution in [2.75, 3.05) is 12.3 Å². The van der Waals surface area contributed by atoms with E-state index in [1.807, 2.05) is 13.0 Å². The van der Waals surface area contributed by atoms with E-state index in [0.29, 0.717) is 15.6 Å². The van der Waals surface area contributed by atoms with E-state index in [4.69, 9.17) is 22.1 Å². The zero-order valence-electron chi connectivity index (χ0n) is 11.7. The molecule has 2 aromatic rings. The average Bonchev–Trinajstić information content (AvgIpc) is 3.08. The molecule has 2 atom stereocenters. The molecule has 1 aromatic heterocycles. The molecule has 2 unspecified atom stereocenters. The molecule has 1 aliphatic rings. The zero-order valence-corrected chi connectivity index (χ0v) is 13.3. The van der Waals surface area contributed by atoms with Gasteiger partial charge in [-0.25, -0.2) is 0 Å². The van der Waals surface area contributed by atoms with Crippen LogP contribution in [0.25, 0.3) is 10.1 Å². The summed E-state index contributed by atoms with van der Waals surface area (Å²) in [5.41, 5.74) is 6.59. The summed E-state index contributed by atoms with van der Waals surface area (Å²) in [7, 11) is 0. The van der Waals surface area contributed by atoms with Gasteiger partial charge in [0.2, 0.25) is 0 Å². The van der Waals surface area contributed by atoms with Gasteiger partial charge in [0, 0.05) is 21.7 Å². The van der Waals surface area contributed by atoms with Crippen LogP contribution in [0.1, 0.15) is 29.4 Å². The number of halogens is 1. The molecule has 3 N–H and O–H groups in total. The zero-order chi connectivity index (χ0) is 15.0. The Morgan fingerprint density at radius 2 is 2.38 bits per heavy atom. The number of nitrogen functional groups attached to an aromatic ring is 1. The third kappa shape index (κ3) is 2.86. The third-order valence-electron chi connectivity index (χ3n) is 3.78. The number of hydrogen-bond acceptors (Lipinski definition) is 4. The van der Waals surface area contributed by atoms with Gasteiger partial charge in [-0.05, 0) is 38.0 Å². The van der Waals surface area contributed by atoms with Gasteiger partial charge in [-0.3, -0.25) is 4.79 Å². The Bertz CT molecular complexity index is 680. The number of nitrogens with two attached hydrogens (primary N) is 1. The van der Waals surface area contributed by atoms with Crippen LogP contribution in [0.3, 0.4) is 0 Å². The molecule has 0 aliphatic carbocycles. The predicted octanol–water partition coefficient (Wildman–Crippen LogP) is 3.43. The second-order valence-electron chi connectivity index (χ2n) is 5.30. The highest BCUT2D eigenvalue weighted by Crippen LogP contribution is 2.35. The van der Waals surface area contributed by atoms with Crippen LogP contribution >= 0.6 is 22.9 Å². The SMILES string of the molecule is CC(NC(=O)c1sc2ccc(Cl)cc2c1N)C1CCCO1. The lowest BCUT2D eigenvalue weighted by Crippen LogP contribution is -2.40. The number of ether oxygens (including phenoxy) is 1. The lowest BCUT2D eigenvalue weighted by Gasteiger charge is -2.19. The third-order valence-corrected chi connectivity index (χ3v) is 5.20. The summed E-state index contributed by atoms with van der Waals surface area (Å²) >= 11 is 7.37. The Morgan fingerprint density at radius 1 is 1.57 bits per heavy atom. The van der Waals surface area contributed by atoms with Crippen LogP contribution in [0, 0.1) is 0 Å². The van der Waals surface area contributed by atoms with Gasteiger partial charge in [0.05, 0.1) is 17.8 Å². The second kappa shape index (κ2) is 5.83. The van der Waals surface area contributed by atoms with Gasteiger partial charge in [-0.15, -0.1) is 11.3 Å². The number of carbonyl (C=O) groups is 1. The standard InChI is InChI=1S/C15H17ClN2O2S/c1-8(11-3-2-6-20-11)18-15(19)14-13(17)10-7-9(16)4-5-12(10)21-14/h4-5,7-8,11H,2-3,6,17H2,1H3,(H,18,19). The number of hydrogen-bond donors (Lipinski definition) is 2. The highest BCUT2D eigenvalue weighted by Gasteiger charge is 2.25.